The van der Waals surface area contributed by atoms with Crippen LogP contribution in [0.25, 0.3) is 0 Å². The van der Waals surface area contributed by atoms with Crippen molar-refractivity contribution < 1.29 is 14.3 Å². The lowest BCUT2D eigenvalue weighted by Gasteiger charge is -2.15. The molecule has 5 N–H and O–H groups in total. The van der Waals surface area contributed by atoms with Crippen LogP contribution in [0.15, 0.2) is 0 Å². The molecule has 0 aromatic carbocycles. The molecule has 0 spiro atoms. The molecule has 0 aliphatic heterocycles. The van der Waals surface area contributed by atoms with E-state index in [4.69, 9.17) is 16.9 Å². The molecule has 0 aromatic rings. The molecule has 98 valence electrons. The molecular formula is C9H18N4O3S. The van der Waals surface area contributed by atoms with Crippen molar-refractivity contribution >= 4 is 29.7 Å². The predicted octanol–water partition coefficient (Wildman–Crippen LogP) is -1.04. The molecule has 0 bridgehead atoms. The molecule has 0 unspecified atom stereocenters. The van der Waals surface area contributed by atoms with Gasteiger partial charge in [-0.05, 0) is 18.4 Å². The molecule has 0 saturated carbocycles. The maximum absolute atomic E-state index is 11.3. The molecule has 0 rings (SSSR count). The van der Waals surface area contributed by atoms with Gasteiger partial charge in [0, 0.05) is 7.05 Å². The summed E-state index contributed by atoms with van der Waals surface area (Å²) in [6.07, 6.45) is 2.35. The number of likely N-dealkylation sites (N-methyl/N-ethyl adjacent to an activating group) is 1. The van der Waals surface area contributed by atoms with E-state index in [9.17, 15) is 9.59 Å². The Labute approximate surface area is 104 Å². The van der Waals surface area contributed by atoms with Crippen LogP contribution in [0.2, 0.25) is 0 Å². The highest BCUT2D eigenvalue weighted by molar-refractivity contribution is 7.98. The fraction of sp³-hybridized carbons (Fsp3) is 0.667. The summed E-state index contributed by atoms with van der Waals surface area (Å²) < 4.78 is 4.52. The molecule has 0 aliphatic carbocycles. The average Bonchev–Trinajstić information content (AvgIpc) is 2.25. The fourth-order valence-corrected chi connectivity index (χ4v) is 1.35. The summed E-state index contributed by atoms with van der Waals surface area (Å²) in [4.78, 5) is 23.7. The number of rotatable bonds is 6. The molecule has 0 amide bonds. The van der Waals surface area contributed by atoms with Crippen molar-refractivity contribution in [3.05, 3.63) is 0 Å². The number of carbonyl (C=O) groups excluding carboxylic acids is 2. The zero-order chi connectivity index (χ0) is 13.4. The van der Waals surface area contributed by atoms with Gasteiger partial charge in [-0.3, -0.25) is 5.41 Å². The second-order valence-electron chi connectivity index (χ2n) is 3.42. The topological polar surface area (TPSA) is 123 Å². The van der Waals surface area contributed by atoms with Gasteiger partial charge in [0.1, 0.15) is 12.6 Å². The van der Waals surface area contributed by atoms with Gasteiger partial charge in [-0.25, -0.2) is 9.59 Å². The minimum atomic E-state index is -0.797. The standard InChI is InChI=1S/C9H18N4O3S/c1-13(9(11)12)5-7(14)16-8(15)6(10)3-4-17-2/h6H,3-5,10H2,1-2H3,(H3,11,12)/t6-/m0/s1. The summed E-state index contributed by atoms with van der Waals surface area (Å²) in [5.74, 6) is -1.08. The van der Waals surface area contributed by atoms with Crippen LogP contribution in [0.4, 0.5) is 0 Å². The highest BCUT2D eigenvalue weighted by Gasteiger charge is 2.19. The van der Waals surface area contributed by atoms with Crippen LogP contribution in [0.1, 0.15) is 6.42 Å². The number of thioether (sulfide) groups is 1. The summed E-state index contributed by atoms with van der Waals surface area (Å²) in [5, 5.41) is 7.04. The molecule has 1 atom stereocenters. The SMILES string of the molecule is CSCC[C@H](N)C(=O)OC(=O)CN(C)C(=N)N. The van der Waals surface area contributed by atoms with E-state index in [0.29, 0.717) is 6.42 Å². The van der Waals surface area contributed by atoms with Gasteiger partial charge in [0.05, 0.1) is 0 Å². The van der Waals surface area contributed by atoms with Gasteiger partial charge in [-0.1, -0.05) is 0 Å². The molecule has 0 aliphatic rings. The molecule has 0 fully saturated rings. The molecule has 0 radical (unpaired) electrons. The van der Waals surface area contributed by atoms with Gasteiger partial charge in [-0.2, -0.15) is 11.8 Å². The first-order chi connectivity index (χ1) is 7.88. The Bertz CT molecular complexity index is 298. The van der Waals surface area contributed by atoms with Crippen molar-refractivity contribution in [2.75, 3.05) is 25.6 Å². The summed E-state index contributed by atoms with van der Waals surface area (Å²) >= 11 is 1.56. The lowest BCUT2D eigenvalue weighted by molar-refractivity contribution is -0.160. The first-order valence-corrected chi connectivity index (χ1v) is 6.32. The minimum absolute atomic E-state index is 0.254. The highest BCUT2D eigenvalue weighted by Crippen LogP contribution is 2.00. The molecule has 7 nitrogen and oxygen atoms in total. The zero-order valence-corrected chi connectivity index (χ0v) is 10.8. The number of hydrogen-bond donors (Lipinski definition) is 3. The normalized spacial score (nSPS) is 11.7. The van der Waals surface area contributed by atoms with Crippen molar-refractivity contribution in [3.8, 4) is 0 Å². The van der Waals surface area contributed by atoms with E-state index in [2.05, 4.69) is 4.74 Å². The van der Waals surface area contributed by atoms with E-state index in [-0.39, 0.29) is 12.5 Å². The van der Waals surface area contributed by atoms with E-state index in [0.717, 1.165) is 10.7 Å². The largest absolute Gasteiger partial charge is 0.391 e. The van der Waals surface area contributed by atoms with Crippen LogP contribution in [0.5, 0.6) is 0 Å². The first kappa shape index (κ1) is 15.7. The van der Waals surface area contributed by atoms with Crippen LogP contribution in [-0.2, 0) is 14.3 Å². The Morgan fingerprint density at radius 3 is 2.59 bits per heavy atom. The van der Waals surface area contributed by atoms with Crippen LogP contribution < -0.4 is 11.5 Å². The Morgan fingerprint density at radius 1 is 1.53 bits per heavy atom. The number of nitrogens with two attached hydrogens (primary N) is 2. The number of nitrogens with zero attached hydrogens (tertiary/aromatic N) is 1. The smallest absolute Gasteiger partial charge is 0.333 e. The van der Waals surface area contributed by atoms with Gasteiger partial charge in [0.15, 0.2) is 5.96 Å². The van der Waals surface area contributed by atoms with E-state index in [1.807, 2.05) is 6.26 Å². The second-order valence-corrected chi connectivity index (χ2v) is 4.41. The van der Waals surface area contributed by atoms with Crippen molar-refractivity contribution in [2.24, 2.45) is 11.5 Å². The van der Waals surface area contributed by atoms with Crippen molar-refractivity contribution in [1.29, 1.82) is 5.41 Å². The van der Waals surface area contributed by atoms with Crippen molar-refractivity contribution in [1.82, 2.24) is 4.90 Å². The van der Waals surface area contributed by atoms with E-state index >= 15 is 0 Å². The number of carbonyl (C=O) groups is 2. The Kier molecular flexibility index (Phi) is 7.31. The predicted molar refractivity (Wildman–Crippen MR) is 66.6 cm³/mol. The summed E-state index contributed by atoms with van der Waals surface area (Å²) in [6.45, 7) is -0.254. The van der Waals surface area contributed by atoms with Gasteiger partial charge >= 0.3 is 11.9 Å². The van der Waals surface area contributed by atoms with E-state index in [1.54, 1.807) is 11.8 Å². The van der Waals surface area contributed by atoms with Crippen LogP contribution in [-0.4, -0.2) is 54.4 Å². The number of nitrogens with one attached hydrogen (secondary N) is 1. The highest BCUT2D eigenvalue weighted by atomic mass is 32.2. The lowest BCUT2D eigenvalue weighted by Crippen LogP contribution is -2.40. The van der Waals surface area contributed by atoms with Crippen LogP contribution in [0.3, 0.4) is 0 Å². The second kappa shape index (κ2) is 7.91. The summed E-state index contributed by atoms with van der Waals surface area (Å²) in [7, 11) is 1.45. The monoisotopic (exact) mass is 262 g/mol. The third kappa shape index (κ3) is 6.80. The fourth-order valence-electron chi connectivity index (χ4n) is 0.862. The summed E-state index contributed by atoms with van der Waals surface area (Å²) in [5.41, 5.74) is 10.7. The third-order valence-electron chi connectivity index (χ3n) is 1.93. The number of esters is 2. The lowest BCUT2D eigenvalue weighted by atomic mass is 10.2. The number of hydrogen-bond acceptors (Lipinski definition) is 6. The maximum Gasteiger partial charge on any atom is 0.333 e. The van der Waals surface area contributed by atoms with Gasteiger partial charge in [0.2, 0.25) is 0 Å². The number of guanidine groups is 1. The maximum atomic E-state index is 11.3. The van der Waals surface area contributed by atoms with Crippen molar-refractivity contribution in [2.45, 2.75) is 12.5 Å². The van der Waals surface area contributed by atoms with Gasteiger partial charge in [0.25, 0.3) is 0 Å². The van der Waals surface area contributed by atoms with E-state index in [1.165, 1.54) is 7.05 Å². The molecule has 8 heteroatoms. The zero-order valence-electron chi connectivity index (χ0n) is 9.93. The minimum Gasteiger partial charge on any atom is -0.391 e. The molecular weight excluding hydrogens is 244 g/mol. The molecule has 17 heavy (non-hydrogen) atoms. The molecule has 0 saturated heterocycles. The van der Waals surface area contributed by atoms with Crippen LogP contribution >= 0.6 is 11.8 Å². The molecule has 0 aromatic heterocycles. The van der Waals surface area contributed by atoms with Gasteiger partial charge < -0.3 is 21.1 Å². The van der Waals surface area contributed by atoms with Crippen molar-refractivity contribution in [3.63, 3.8) is 0 Å². The van der Waals surface area contributed by atoms with Gasteiger partial charge in [-0.15, -0.1) is 0 Å². The summed E-state index contributed by atoms with van der Waals surface area (Å²) in [6, 6.07) is -0.797. The Hall–Kier alpha value is -1.28. The molecule has 0 heterocycles. The number of ether oxygens (including phenoxy) is 1. The quantitative estimate of drug-likeness (QED) is 0.242. The van der Waals surface area contributed by atoms with Crippen LogP contribution in [0, 0.1) is 5.41 Å². The average molecular weight is 262 g/mol. The Morgan fingerprint density at radius 2 is 2.12 bits per heavy atom. The Balaban J connectivity index is 4.03. The van der Waals surface area contributed by atoms with E-state index < -0.39 is 18.0 Å². The third-order valence-corrected chi connectivity index (χ3v) is 2.57. The first-order valence-electron chi connectivity index (χ1n) is 4.92.